The van der Waals surface area contributed by atoms with E-state index >= 15 is 0 Å². The van der Waals surface area contributed by atoms with Gasteiger partial charge >= 0.3 is 35.8 Å². The highest BCUT2D eigenvalue weighted by atomic mass is 16.6. The smallest absolute Gasteiger partial charge is 0.334 e. The van der Waals surface area contributed by atoms with Crippen molar-refractivity contribution in [2.75, 3.05) is 41.7 Å². The van der Waals surface area contributed by atoms with Crippen LogP contribution in [0.4, 0.5) is 0 Å². The van der Waals surface area contributed by atoms with E-state index in [2.05, 4.69) is 32.1 Å². The van der Waals surface area contributed by atoms with Crippen molar-refractivity contribution in [1.82, 2.24) is 0 Å². The van der Waals surface area contributed by atoms with Gasteiger partial charge in [-0.2, -0.15) is 0 Å². The molecule has 0 aliphatic heterocycles. The van der Waals surface area contributed by atoms with E-state index in [4.69, 9.17) is 9.47 Å². The molecule has 0 N–H and O–H groups in total. The largest absolute Gasteiger partial charge is 0.469 e. The molecule has 32 heavy (non-hydrogen) atoms. The zero-order valence-electron chi connectivity index (χ0n) is 18.3. The molecule has 0 saturated carbocycles. The third-order valence-electron chi connectivity index (χ3n) is 4.06. The van der Waals surface area contributed by atoms with Crippen molar-refractivity contribution in [3.05, 3.63) is 24.3 Å². The highest BCUT2D eigenvalue weighted by Crippen LogP contribution is 2.19. The summed E-state index contributed by atoms with van der Waals surface area (Å²) in [6, 6.07) is 0. The monoisotopic (exact) mass is 458 g/mol. The Kier molecular flexibility index (Phi) is 12.7. The first-order valence-corrected chi connectivity index (χ1v) is 9.05. The molecule has 0 heterocycles. The molecule has 0 aliphatic rings. The number of carbonyl (C=O) groups excluding carboxylic acids is 6. The predicted octanol–water partition coefficient (Wildman–Crippen LogP) is -0.110. The zero-order chi connectivity index (χ0) is 24.8. The molecule has 2 unspecified atom stereocenters. The van der Waals surface area contributed by atoms with Crippen LogP contribution >= 0.6 is 0 Å². The Morgan fingerprint density at radius 2 is 0.906 bits per heavy atom. The lowest BCUT2D eigenvalue weighted by atomic mass is 9.97. The summed E-state index contributed by atoms with van der Waals surface area (Å²) in [5.41, 5.74) is -0.579. The van der Waals surface area contributed by atoms with Gasteiger partial charge in [0.15, 0.2) is 0 Å². The minimum absolute atomic E-state index is 0.289. The van der Waals surface area contributed by atoms with Gasteiger partial charge in [0, 0.05) is 11.1 Å². The maximum Gasteiger partial charge on any atom is 0.334 e. The number of carbonyl (C=O) groups is 6. The van der Waals surface area contributed by atoms with Crippen LogP contribution in [0.2, 0.25) is 0 Å². The Bertz CT molecular complexity index is 703. The maximum absolute atomic E-state index is 11.9. The Labute approximate surface area is 184 Å². The second-order valence-corrected chi connectivity index (χ2v) is 6.03. The summed E-state index contributed by atoms with van der Waals surface area (Å²) in [6.07, 6.45) is -1.12. The van der Waals surface area contributed by atoms with Crippen molar-refractivity contribution in [3.63, 3.8) is 0 Å². The summed E-state index contributed by atoms with van der Waals surface area (Å²) in [5.74, 6) is -7.97. The highest BCUT2D eigenvalue weighted by molar-refractivity contribution is 5.97. The molecule has 0 aliphatic carbocycles. The lowest BCUT2D eigenvalue weighted by molar-refractivity contribution is -0.158. The van der Waals surface area contributed by atoms with Crippen LogP contribution < -0.4 is 0 Å². The standard InChI is InChI=1S/C20H26O12/c1-11(17(23)27-3)13(19(25)29-5)9-15(21)31-7-8-32-16(22)10-14(20(26)30-6)12(2)18(24)28-4/h13-14H,1-2,7-10H2,3-6H3. The van der Waals surface area contributed by atoms with Gasteiger partial charge in [-0.15, -0.1) is 0 Å². The van der Waals surface area contributed by atoms with Crippen LogP contribution in [0, 0.1) is 11.8 Å². The molecule has 0 aromatic rings. The molecule has 2 atom stereocenters. The van der Waals surface area contributed by atoms with Crippen LogP contribution in [-0.2, 0) is 57.2 Å². The van der Waals surface area contributed by atoms with Crippen LogP contribution in [0.15, 0.2) is 24.3 Å². The molecule has 0 aromatic heterocycles. The fourth-order valence-corrected chi connectivity index (χ4v) is 2.29. The van der Waals surface area contributed by atoms with E-state index in [9.17, 15) is 28.8 Å². The van der Waals surface area contributed by atoms with E-state index < -0.39 is 60.5 Å². The van der Waals surface area contributed by atoms with Crippen LogP contribution in [0.25, 0.3) is 0 Å². The van der Waals surface area contributed by atoms with E-state index in [-0.39, 0.29) is 24.4 Å². The average Bonchev–Trinajstić information content (AvgIpc) is 2.80. The first-order chi connectivity index (χ1) is 15.0. The summed E-state index contributed by atoms with van der Waals surface area (Å²) in [5, 5.41) is 0. The molecule has 0 aromatic carbocycles. The molecule has 12 nitrogen and oxygen atoms in total. The van der Waals surface area contributed by atoms with Crippen molar-refractivity contribution in [1.29, 1.82) is 0 Å². The van der Waals surface area contributed by atoms with E-state index in [0.717, 1.165) is 28.4 Å². The molecular weight excluding hydrogens is 432 g/mol. The van der Waals surface area contributed by atoms with E-state index in [0.29, 0.717) is 0 Å². The SMILES string of the molecule is C=C(C(=O)OC)C(CC(=O)OCCOC(=O)CC(C(=C)C(=O)OC)C(=O)OC)C(=O)OC. The molecule has 178 valence electrons. The molecule has 0 fully saturated rings. The van der Waals surface area contributed by atoms with Gasteiger partial charge in [0.1, 0.15) is 13.2 Å². The van der Waals surface area contributed by atoms with Gasteiger partial charge in [-0.05, 0) is 0 Å². The Balaban J connectivity index is 4.71. The fraction of sp³-hybridized carbons (Fsp3) is 0.500. The maximum atomic E-state index is 11.9. The minimum atomic E-state index is -1.31. The molecule has 0 spiro atoms. The molecule has 0 rings (SSSR count). The first kappa shape index (κ1) is 28.3. The molecular formula is C20H26O12. The predicted molar refractivity (Wildman–Crippen MR) is 104 cm³/mol. The quantitative estimate of drug-likeness (QED) is 0.156. The number of esters is 6. The van der Waals surface area contributed by atoms with Crippen molar-refractivity contribution in [2.45, 2.75) is 12.8 Å². The van der Waals surface area contributed by atoms with Crippen LogP contribution in [0.1, 0.15) is 12.8 Å². The first-order valence-electron chi connectivity index (χ1n) is 9.05. The minimum Gasteiger partial charge on any atom is -0.469 e. The van der Waals surface area contributed by atoms with E-state index in [1.807, 2.05) is 0 Å². The highest BCUT2D eigenvalue weighted by Gasteiger charge is 2.32. The van der Waals surface area contributed by atoms with Gasteiger partial charge < -0.3 is 28.4 Å². The number of rotatable bonds is 13. The average molecular weight is 458 g/mol. The second kappa shape index (κ2) is 14.3. The Morgan fingerprint density at radius 1 is 0.594 bits per heavy atom. The molecule has 0 saturated heterocycles. The normalized spacial score (nSPS) is 11.8. The summed E-state index contributed by atoms with van der Waals surface area (Å²) in [6.45, 7) is 6.07. The topological polar surface area (TPSA) is 158 Å². The third-order valence-corrected chi connectivity index (χ3v) is 4.06. The van der Waals surface area contributed by atoms with Gasteiger partial charge in [0.25, 0.3) is 0 Å². The van der Waals surface area contributed by atoms with Crippen LogP contribution in [-0.4, -0.2) is 77.5 Å². The number of methoxy groups -OCH3 is 4. The molecule has 0 bridgehead atoms. The lowest BCUT2D eigenvalue weighted by Gasteiger charge is -2.16. The van der Waals surface area contributed by atoms with Gasteiger partial charge in [-0.1, -0.05) is 13.2 Å². The second-order valence-electron chi connectivity index (χ2n) is 6.03. The summed E-state index contributed by atoms with van der Waals surface area (Å²) < 4.78 is 27.7. The van der Waals surface area contributed by atoms with Gasteiger partial charge in [0.2, 0.25) is 0 Å². The van der Waals surface area contributed by atoms with Crippen LogP contribution in [0.5, 0.6) is 0 Å². The fourth-order valence-electron chi connectivity index (χ4n) is 2.29. The number of hydrogen-bond acceptors (Lipinski definition) is 12. The molecule has 0 radical (unpaired) electrons. The van der Waals surface area contributed by atoms with Crippen LogP contribution in [0.3, 0.4) is 0 Å². The summed E-state index contributed by atoms with van der Waals surface area (Å²) >= 11 is 0. The van der Waals surface area contributed by atoms with Crippen molar-refractivity contribution in [3.8, 4) is 0 Å². The van der Waals surface area contributed by atoms with Crippen molar-refractivity contribution >= 4 is 35.8 Å². The lowest BCUT2D eigenvalue weighted by Crippen LogP contribution is -2.28. The van der Waals surface area contributed by atoms with E-state index in [1.54, 1.807) is 0 Å². The van der Waals surface area contributed by atoms with Gasteiger partial charge in [0.05, 0.1) is 53.1 Å². The molecule has 0 amide bonds. The Morgan fingerprint density at radius 3 is 1.16 bits per heavy atom. The number of hydrogen-bond donors (Lipinski definition) is 0. The summed E-state index contributed by atoms with van der Waals surface area (Å²) in [4.78, 5) is 70.6. The number of ether oxygens (including phenoxy) is 6. The van der Waals surface area contributed by atoms with E-state index in [1.165, 1.54) is 0 Å². The molecule has 12 heteroatoms. The van der Waals surface area contributed by atoms with Crippen molar-refractivity contribution < 1.29 is 57.2 Å². The Hall–Kier alpha value is -3.70. The van der Waals surface area contributed by atoms with Gasteiger partial charge in [-0.3, -0.25) is 19.2 Å². The third kappa shape index (κ3) is 8.98. The van der Waals surface area contributed by atoms with Crippen molar-refractivity contribution in [2.24, 2.45) is 11.8 Å². The van der Waals surface area contributed by atoms with Gasteiger partial charge in [-0.25, -0.2) is 9.59 Å². The zero-order valence-corrected chi connectivity index (χ0v) is 18.3. The summed E-state index contributed by atoms with van der Waals surface area (Å²) in [7, 11) is 4.31.